The van der Waals surface area contributed by atoms with Gasteiger partial charge in [0.15, 0.2) is 0 Å². The monoisotopic (exact) mass is 235 g/mol. The minimum absolute atomic E-state index is 0.109. The first kappa shape index (κ1) is 11.4. The largest absolute Gasteiger partial charge is 0.326 e. The molecule has 2 heterocycles. The van der Waals surface area contributed by atoms with Crippen LogP contribution in [0.4, 0.5) is 0 Å². The molecule has 0 aliphatic rings. The number of thiophene rings is 1. The number of hydrogen-bond acceptors (Lipinski definition) is 3. The molecule has 0 fully saturated rings. The number of hydrogen-bond donors (Lipinski definition) is 1. The van der Waals surface area contributed by atoms with Gasteiger partial charge in [-0.15, -0.1) is 11.3 Å². The molecule has 0 aromatic carbocycles. The smallest absolute Gasteiger partial charge is 0.101 e. The zero-order chi connectivity index (χ0) is 11.5. The molecule has 0 amide bonds. The summed E-state index contributed by atoms with van der Waals surface area (Å²) < 4.78 is 1.96. The molecular formula is C12H17N3S. The first-order chi connectivity index (χ1) is 7.72. The van der Waals surface area contributed by atoms with Crippen molar-refractivity contribution < 1.29 is 0 Å². The number of aromatic nitrogens is 2. The molecule has 0 radical (unpaired) electrons. The Balaban J connectivity index is 2.35. The van der Waals surface area contributed by atoms with Gasteiger partial charge in [-0.2, -0.15) is 5.10 Å². The Hall–Kier alpha value is -1.13. The predicted molar refractivity (Wildman–Crippen MR) is 67.7 cm³/mol. The van der Waals surface area contributed by atoms with E-state index in [1.54, 1.807) is 17.5 Å². The van der Waals surface area contributed by atoms with E-state index < -0.39 is 0 Å². The summed E-state index contributed by atoms with van der Waals surface area (Å²) in [5.74, 6) is 0. The normalized spacial score (nSPS) is 14.9. The molecule has 0 spiro atoms. The van der Waals surface area contributed by atoms with Gasteiger partial charge in [-0.1, -0.05) is 6.92 Å². The molecule has 4 heteroatoms. The second kappa shape index (κ2) is 4.80. The van der Waals surface area contributed by atoms with Crippen molar-refractivity contribution in [3.05, 3.63) is 40.3 Å². The maximum atomic E-state index is 6.20. The molecule has 2 rings (SSSR count). The fourth-order valence-electron chi connectivity index (χ4n) is 1.82. The van der Waals surface area contributed by atoms with Gasteiger partial charge in [0.05, 0.1) is 0 Å². The molecule has 3 nitrogen and oxygen atoms in total. The van der Waals surface area contributed by atoms with Crippen LogP contribution in [0.5, 0.6) is 0 Å². The van der Waals surface area contributed by atoms with E-state index in [4.69, 9.17) is 5.73 Å². The summed E-state index contributed by atoms with van der Waals surface area (Å²) in [5, 5.41) is 4.31. The van der Waals surface area contributed by atoms with E-state index in [2.05, 4.69) is 31.1 Å². The van der Waals surface area contributed by atoms with Crippen LogP contribution in [0.1, 0.15) is 29.1 Å². The molecule has 16 heavy (non-hydrogen) atoms. The van der Waals surface area contributed by atoms with Crippen LogP contribution >= 0.6 is 11.3 Å². The highest BCUT2D eigenvalue weighted by atomic mass is 32.1. The lowest BCUT2D eigenvalue weighted by atomic mass is 10.1. The molecule has 2 aromatic rings. The average molecular weight is 235 g/mol. The zero-order valence-corrected chi connectivity index (χ0v) is 10.4. The van der Waals surface area contributed by atoms with Gasteiger partial charge >= 0.3 is 0 Å². The van der Waals surface area contributed by atoms with Crippen LogP contribution in [0.15, 0.2) is 30.6 Å². The lowest BCUT2D eigenvalue weighted by Crippen LogP contribution is -2.32. The van der Waals surface area contributed by atoms with Crippen molar-refractivity contribution in [2.75, 3.05) is 0 Å². The fourth-order valence-corrected chi connectivity index (χ4v) is 2.87. The van der Waals surface area contributed by atoms with Crippen LogP contribution in [0, 0.1) is 6.92 Å². The standard InChI is InChI=1S/C12H17N3S/c1-3-10(13)12(15-8-4-7-14-15)11-6-5-9(2)16-11/h4-8,10,12H,3,13H2,1-2H3. The van der Waals surface area contributed by atoms with Crippen molar-refractivity contribution in [1.29, 1.82) is 0 Å². The Kier molecular flexibility index (Phi) is 3.41. The van der Waals surface area contributed by atoms with Crippen molar-refractivity contribution in [3.8, 4) is 0 Å². The van der Waals surface area contributed by atoms with Crippen molar-refractivity contribution in [1.82, 2.24) is 9.78 Å². The average Bonchev–Trinajstić information content (AvgIpc) is 2.91. The number of nitrogens with zero attached hydrogens (tertiary/aromatic N) is 2. The van der Waals surface area contributed by atoms with E-state index in [0.29, 0.717) is 0 Å². The topological polar surface area (TPSA) is 43.8 Å². The van der Waals surface area contributed by atoms with Crippen molar-refractivity contribution in [3.63, 3.8) is 0 Å². The molecular weight excluding hydrogens is 218 g/mol. The second-order valence-electron chi connectivity index (χ2n) is 3.95. The van der Waals surface area contributed by atoms with Crippen molar-refractivity contribution in [2.45, 2.75) is 32.4 Å². The van der Waals surface area contributed by atoms with E-state index in [1.165, 1.54) is 9.75 Å². The summed E-state index contributed by atoms with van der Waals surface area (Å²) in [6.07, 6.45) is 4.73. The first-order valence-electron chi connectivity index (χ1n) is 5.53. The summed E-state index contributed by atoms with van der Waals surface area (Å²) in [6, 6.07) is 6.51. The van der Waals surface area contributed by atoms with Crippen LogP contribution in [-0.4, -0.2) is 15.8 Å². The Morgan fingerprint density at radius 2 is 2.31 bits per heavy atom. The minimum Gasteiger partial charge on any atom is -0.326 e. The van der Waals surface area contributed by atoms with Crippen LogP contribution in [0.2, 0.25) is 0 Å². The molecule has 0 aliphatic heterocycles. The molecule has 86 valence electrons. The molecule has 0 saturated carbocycles. The van der Waals surface area contributed by atoms with Crippen LogP contribution in [-0.2, 0) is 0 Å². The molecule has 2 aromatic heterocycles. The summed E-state index contributed by atoms with van der Waals surface area (Å²) in [7, 11) is 0. The third kappa shape index (κ3) is 2.18. The van der Waals surface area contributed by atoms with Crippen LogP contribution in [0.25, 0.3) is 0 Å². The molecule has 2 atom stereocenters. The van der Waals surface area contributed by atoms with E-state index in [0.717, 1.165) is 6.42 Å². The molecule has 2 unspecified atom stereocenters. The van der Waals surface area contributed by atoms with Crippen LogP contribution < -0.4 is 5.73 Å². The molecule has 0 saturated heterocycles. The van der Waals surface area contributed by atoms with Crippen molar-refractivity contribution in [2.24, 2.45) is 5.73 Å². The molecule has 0 bridgehead atoms. The number of nitrogens with two attached hydrogens (primary N) is 1. The van der Waals surface area contributed by atoms with Gasteiger partial charge in [0, 0.05) is 28.2 Å². The number of aryl methyl sites for hydroxylation is 1. The van der Waals surface area contributed by atoms with Crippen molar-refractivity contribution >= 4 is 11.3 Å². The van der Waals surface area contributed by atoms with E-state index in [9.17, 15) is 0 Å². The summed E-state index contributed by atoms with van der Waals surface area (Å²) >= 11 is 1.80. The van der Waals surface area contributed by atoms with Gasteiger partial charge in [0.1, 0.15) is 6.04 Å². The molecule has 0 aliphatic carbocycles. The second-order valence-corrected chi connectivity index (χ2v) is 5.27. The Morgan fingerprint density at radius 1 is 1.50 bits per heavy atom. The first-order valence-corrected chi connectivity index (χ1v) is 6.35. The third-order valence-corrected chi connectivity index (χ3v) is 3.81. The van der Waals surface area contributed by atoms with E-state index in [1.807, 2.05) is 16.9 Å². The maximum Gasteiger partial charge on any atom is 0.101 e. The minimum atomic E-state index is 0.109. The van der Waals surface area contributed by atoms with Gasteiger partial charge in [-0.05, 0) is 31.5 Å². The highest BCUT2D eigenvalue weighted by Crippen LogP contribution is 2.28. The molecule has 2 N–H and O–H groups in total. The Morgan fingerprint density at radius 3 is 2.81 bits per heavy atom. The summed E-state index contributed by atoms with van der Waals surface area (Å²) in [4.78, 5) is 2.60. The quantitative estimate of drug-likeness (QED) is 0.885. The predicted octanol–water partition coefficient (Wildman–Crippen LogP) is 2.58. The Bertz CT molecular complexity index is 433. The SMILES string of the molecule is CCC(N)C(c1ccc(C)s1)n1cccn1. The summed E-state index contributed by atoms with van der Waals surface area (Å²) in [5.41, 5.74) is 6.20. The highest BCUT2D eigenvalue weighted by Gasteiger charge is 2.21. The zero-order valence-electron chi connectivity index (χ0n) is 9.63. The fraction of sp³-hybridized carbons (Fsp3) is 0.417. The number of rotatable bonds is 4. The lowest BCUT2D eigenvalue weighted by molar-refractivity contribution is 0.430. The van der Waals surface area contributed by atoms with Gasteiger partial charge in [-0.25, -0.2) is 0 Å². The van der Waals surface area contributed by atoms with Crippen LogP contribution in [0.3, 0.4) is 0 Å². The van der Waals surface area contributed by atoms with Gasteiger partial charge in [-0.3, -0.25) is 4.68 Å². The third-order valence-electron chi connectivity index (χ3n) is 2.74. The van der Waals surface area contributed by atoms with E-state index >= 15 is 0 Å². The van der Waals surface area contributed by atoms with Gasteiger partial charge in [0.25, 0.3) is 0 Å². The van der Waals surface area contributed by atoms with Gasteiger partial charge in [0.2, 0.25) is 0 Å². The lowest BCUT2D eigenvalue weighted by Gasteiger charge is -2.22. The summed E-state index contributed by atoms with van der Waals surface area (Å²) in [6.45, 7) is 4.23. The Labute approximate surface area is 99.9 Å². The van der Waals surface area contributed by atoms with E-state index in [-0.39, 0.29) is 12.1 Å². The maximum absolute atomic E-state index is 6.20. The highest BCUT2D eigenvalue weighted by molar-refractivity contribution is 7.12. The van der Waals surface area contributed by atoms with Gasteiger partial charge < -0.3 is 5.73 Å².